The van der Waals surface area contributed by atoms with Crippen LogP contribution in [0.15, 0.2) is 0 Å². The Morgan fingerprint density at radius 2 is 1.73 bits per heavy atom. The highest BCUT2D eigenvalue weighted by atomic mass is 35.5. The standard InChI is InChI=1S/C15H23ClO10/c16-12-8(18)4-1-6-23-3-15(12,22)7(4)13(25-6)26-14-11(21)10(20)9(19)5(2-17)24-14/h4-14,17-22H,1-3H2/t4-,5-,6-,7-,8+,9-,10+,11-,12-,13+,14+,15-/m1/s1. The molecule has 0 aromatic carbocycles. The molecular formula is C15H23ClO10. The van der Waals surface area contributed by atoms with Gasteiger partial charge in [-0.2, -0.15) is 0 Å². The van der Waals surface area contributed by atoms with Crippen molar-refractivity contribution in [3.8, 4) is 0 Å². The van der Waals surface area contributed by atoms with Gasteiger partial charge in [-0.25, -0.2) is 0 Å². The van der Waals surface area contributed by atoms with Crippen molar-refractivity contribution in [2.45, 2.75) is 66.8 Å². The normalized spacial score (nSPS) is 59.4. The topological polar surface area (TPSA) is 158 Å². The van der Waals surface area contributed by atoms with E-state index in [1.165, 1.54) is 0 Å². The largest absolute Gasteiger partial charge is 0.394 e. The molecule has 26 heavy (non-hydrogen) atoms. The highest BCUT2D eigenvalue weighted by molar-refractivity contribution is 6.22. The zero-order valence-corrected chi connectivity index (χ0v) is 14.4. The van der Waals surface area contributed by atoms with Crippen molar-refractivity contribution in [3.63, 3.8) is 0 Å². The second kappa shape index (κ2) is 6.75. The third-order valence-electron chi connectivity index (χ3n) is 5.92. The van der Waals surface area contributed by atoms with Crippen LogP contribution in [-0.2, 0) is 18.9 Å². The molecule has 0 aromatic rings. The molecule has 11 heteroatoms. The van der Waals surface area contributed by atoms with Gasteiger partial charge in [-0.1, -0.05) is 0 Å². The SMILES string of the molecule is OC[C@H]1O[C@@H](O[C@@H]2O[C@@H]3C[C@H]4[C@H](O)[C@@H](Cl)[C@@](O)(CO3)[C@@H]24)[C@H](O)[C@@H](O)[C@@H]1O. The van der Waals surface area contributed by atoms with Crippen LogP contribution in [0.4, 0.5) is 0 Å². The summed E-state index contributed by atoms with van der Waals surface area (Å²) in [6.45, 7) is -0.737. The molecule has 1 saturated carbocycles. The molecule has 10 nitrogen and oxygen atoms in total. The third-order valence-corrected chi connectivity index (χ3v) is 6.55. The van der Waals surface area contributed by atoms with Crippen LogP contribution >= 0.6 is 11.6 Å². The summed E-state index contributed by atoms with van der Waals surface area (Å²) in [7, 11) is 0. The molecule has 0 aromatic heterocycles. The lowest BCUT2D eigenvalue weighted by Gasteiger charge is -2.44. The number of ether oxygens (including phenoxy) is 4. The van der Waals surface area contributed by atoms with Crippen molar-refractivity contribution in [2.24, 2.45) is 11.8 Å². The lowest BCUT2D eigenvalue weighted by molar-refractivity contribution is -0.370. The molecule has 5 fully saturated rings. The molecule has 4 bridgehead atoms. The number of fused-ring (bicyclic) bond motifs is 2. The van der Waals surface area contributed by atoms with Crippen molar-refractivity contribution in [1.29, 1.82) is 0 Å². The molecule has 1 aliphatic carbocycles. The predicted molar refractivity (Wildman–Crippen MR) is 81.7 cm³/mol. The fourth-order valence-electron chi connectivity index (χ4n) is 4.45. The van der Waals surface area contributed by atoms with E-state index in [2.05, 4.69) is 0 Å². The van der Waals surface area contributed by atoms with Crippen LogP contribution in [0.1, 0.15) is 6.42 Å². The summed E-state index contributed by atoms with van der Waals surface area (Å²) >= 11 is 6.22. The van der Waals surface area contributed by atoms with E-state index in [-0.39, 0.29) is 6.61 Å². The van der Waals surface area contributed by atoms with Crippen molar-refractivity contribution in [1.82, 2.24) is 0 Å². The van der Waals surface area contributed by atoms with Gasteiger partial charge in [0.2, 0.25) is 0 Å². The molecule has 5 aliphatic rings. The molecule has 4 heterocycles. The molecule has 150 valence electrons. The second-order valence-corrected chi connectivity index (χ2v) is 7.86. The Balaban J connectivity index is 1.57. The maximum absolute atomic E-state index is 11.0. The molecule has 0 spiro atoms. The zero-order valence-electron chi connectivity index (χ0n) is 13.7. The van der Waals surface area contributed by atoms with Crippen LogP contribution in [0.2, 0.25) is 0 Å². The summed E-state index contributed by atoms with van der Waals surface area (Å²) in [5.74, 6) is -1.19. The minimum atomic E-state index is -1.61. The van der Waals surface area contributed by atoms with E-state index in [1.54, 1.807) is 0 Å². The van der Waals surface area contributed by atoms with E-state index in [0.29, 0.717) is 6.42 Å². The smallest absolute Gasteiger partial charge is 0.189 e. The number of aliphatic hydroxyl groups is 6. The van der Waals surface area contributed by atoms with Crippen LogP contribution in [0, 0.1) is 11.8 Å². The van der Waals surface area contributed by atoms with E-state index >= 15 is 0 Å². The monoisotopic (exact) mass is 398 g/mol. The average molecular weight is 399 g/mol. The fraction of sp³-hybridized carbons (Fsp3) is 1.00. The number of hydrogen-bond acceptors (Lipinski definition) is 10. The van der Waals surface area contributed by atoms with E-state index < -0.39 is 78.8 Å². The van der Waals surface area contributed by atoms with Crippen LogP contribution in [-0.4, -0.2) is 104 Å². The summed E-state index contributed by atoms with van der Waals surface area (Å²) in [5, 5.41) is 59.5. The van der Waals surface area contributed by atoms with Gasteiger partial charge in [-0.3, -0.25) is 0 Å². The Morgan fingerprint density at radius 3 is 2.42 bits per heavy atom. The lowest BCUT2D eigenvalue weighted by Crippen LogP contribution is -2.61. The molecular weight excluding hydrogens is 376 g/mol. The number of hydrogen-bond donors (Lipinski definition) is 6. The van der Waals surface area contributed by atoms with E-state index in [4.69, 9.17) is 30.5 Å². The quantitative estimate of drug-likeness (QED) is 0.268. The summed E-state index contributed by atoms with van der Waals surface area (Å²) < 4.78 is 22.2. The number of rotatable bonds is 3. The first-order valence-corrected chi connectivity index (χ1v) is 8.99. The summed E-state index contributed by atoms with van der Waals surface area (Å²) in [5.41, 5.74) is -1.60. The van der Waals surface area contributed by atoms with E-state index in [0.717, 1.165) is 0 Å². The van der Waals surface area contributed by atoms with Gasteiger partial charge in [-0.15, -0.1) is 11.6 Å². The summed E-state index contributed by atoms with van der Waals surface area (Å²) in [6.07, 6.45) is -9.81. The van der Waals surface area contributed by atoms with Crippen molar-refractivity contribution >= 4 is 11.6 Å². The van der Waals surface area contributed by atoms with Crippen LogP contribution in [0.25, 0.3) is 0 Å². The minimum absolute atomic E-state index is 0.140. The minimum Gasteiger partial charge on any atom is -0.394 e. The van der Waals surface area contributed by atoms with Gasteiger partial charge in [0.1, 0.15) is 30.0 Å². The molecule has 4 saturated heterocycles. The van der Waals surface area contributed by atoms with Crippen molar-refractivity contribution in [2.75, 3.05) is 13.2 Å². The van der Waals surface area contributed by atoms with Gasteiger partial charge in [-0.05, 0) is 0 Å². The highest BCUT2D eigenvalue weighted by Crippen LogP contribution is 2.54. The summed E-state index contributed by atoms with van der Waals surface area (Å²) in [4.78, 5) is 0. The van der Waals surface area contributed by atoms with Crippen molar-refractivity contribution in [3.05, 3.63) is 0 Å². The average Bonchev–Trinajstić information content (AvgIpc) is 2.77. The van der Waals surface area contributed by atoms with Gasteiger partial charge >= 0.3 is 0 Å². The maximum atomic E-state index is 11.0. The summed E-state index contributed by atoms with van der Waals surface area (Å²) in [6, 6.07) is 0. The van der Waals surface area contributed by atoms with Gasteiger partial charge in [0.05, 0.1) is 24.7 Å². The molecule has 4 aliphatic heterocycles. The number of alkyl halides is 1. The van der Waals surface area contributed by atoms with Crippen molar-refractivity contribution < 1.29 is 49.6 Å². The molecule has 5 rings (SSSR count). The fourth-order valence-corrected chi connectivity index (χ4v) is 4.85. The molecule has 6 N–H and O–H groups in total. The molecule has 0 radical (unpaired) electrons. The Hall–Kier alpha value is -0.110. The first kappa shape index (κ1) is 19.2. The van der Waals surface area contributed by atoms with Crippen LogP contribution in [0.3, 0.4) is 0 Å². The predicted octanol–water partition coefficient (Wildman–Crippen LogP) is -3.15. The van der Waals surface area contributed by atoms with Crippen LogP contribution < -0.4 is 0 Å². The number of aliphatic hydroxyl groups excluding tert-OH is 5. The lowest BCUT2D eigenvalue weighted by atomic mass is 9.83. The Labute approximate surface area is 153 Å². The van der Waals surface area contributed by atoms with Gasteiger partial charge in [0.15, 0.2) is 18.9 Å². The second-order valence-electron chi connectivity index (χ2n) is 7.39. The first-order chi connectivity index (χ1) is 12.3. The van der Waals surface area contributed by atoms with E-state index in [1.807, 2.05) is 0 Å². The van der Waals surface area contributed by atoms with Gasteiger partial charge < -0.3 is 49.6 Å². The third kappa shape index (κ3) is 2.72. The number of halogens is 1. The van der Waals surface area contributed by atoms with Gasteiger partial charge in [0.25, 0.3) is 0 Å². The highest BCUT2D eigenvalue weighted by Gasteiger charge is 2.67. The molecule has 0 amide bonds. The Bertz CT molecular complexity index is 537. The van der Waals surface area contributed by atoms with E-state index in [9.17, 15) is 30.6 Å². The molecule has 12 atom stereocenters. The van der Waals surface area contributed by atoms with Gasteiger partial charge in [0, 0.05) is 18.3 Å². The Morgan fingerprint density at radius 1 is 1.00 bits per heavy atom. The van der Waals surface area contributed by atoms with Crippen LogP contribution in [0.5, 0.6) is 0 Å². The Kier molecular flexibility index (Phi) is 4.99. The zero-order chi connectivity index (χ0) is 18.8. The first-order valence-electron chi connectivity index (χ1n) is 8.55. The maximum Gasteiger partial charge on any atom is 0.189 e. The molecule has 0 unspecified atom stereocenters.